The van der Waals surface area contributed by atoms with Gasteiger partial charge in [-0.05, 0) is 54.3 Å². The van der Waals surface area contributed by atoms with E-state index in [2.05, 4.69) is 29.6 Å². The molecule has 2 heterocycles. The molecule has 0 bridgehead atoms. The van der Waals surface area contributed by atoms with E-state index in [9.17, 15) is 14.0 Å². The van der Waals surface area contributed by atoms with Gasteiger partial charge in [0.2, 0.25) is 0 Å². The number of benzene rings is 2. The molecule has 0 saturated carbocycles. The van der Waals surface area contributed by atoms with Gasteiger partial charge in [0.25, 0.3) is 5.91 Å². The zero-order valence-electron chi connectivity index (χ0n) is 18.0. The number of imide groups is 1. The summed E-state index contributed by atoms with van der Waals surface area (Å²) in [5.74, 6) is -0.215. The number of hydrogen-bond donors (Lipinski definition) is 2. The monoisotopic (exact) mass is 436 g/mol. The first kappa shape index (κ1) is 21.7. The number of nitrogens with zero attached hydrogens (tertiary/aromatic N) is 2. The van der Waals surface area contributed by atoms with Crippen LogP contribution in [0.15, 0.2) is 54.7 Å². The van der Waals surface area contributed by atoms with Gasteiger partial charge in [0.15, 0.2) is 0 Å². The lowest BCUT2D eigenvalue weighted by Gasteiger charge is -2.07. The third kappa shape index (κ3) is 4.86. The fraction of sp³-hybridized carbons (Fsp3) is 0.292. The molecule has 1 aliphatic rings. The number of urea groups is 1. The Balaban J connectivity index is 1.60. The van der Waals surface area contributed by atoms with Crippen molar-refractivity contribution < 1.29 is 18.7 Å². The minimum Gasteiger partial charge on any atom is -0.377 e. The molecule has 1 unspecified atom stereocenters. The molecule has 1 saturated heterocycles. The Morgan fingerprint density at radius 3 is 2.44 bits per heavy atom. The van der Waals surface area contributed by atoms with Crippen LogP contribution in [0, 0.1) is 11.7 Å². The maximum Gasteiger partial charge on any atom is 0.322 e. The summed E-state index contributed by atoms with van der Waals surface area (Å²) in [5, 5.41) is 9.49. The summed E-state index contributed by atoms with van der Waals surface area (Å²) in [4.78, 5) is 23.9. The van der Waals surface area contributed by atoms with Gasteiger partial charge in [0, 0.05) is 23.9 Å². The Morgan fingerprint density at radius 2 is 1.81 bits per heavy atom. The average Bonchev–Trinajstić information content (AvgIpc) is 3.35. The lowest BCUT2D eigenvalue weighted by molar-refractivity contribution is -0.120. The fourth-order valence-corrected chi connectivity index (χ4v) is 3.45. The highest BCUT2D eigenvalue weighted by Crippen LogP contribution is 2.30. The minimum absolute atomic E-state index is 0.368. The summed E-state index contributed by atoms with van der Waals surface area (Å²) in [6.07, 6.45) is 2.73. The number of carbonyl (C=O) groups excluding carboxylic acids is 2. The number of rotatable bonds is 8. The van der Waals surface area contributed by atoms with E-state index in [4.69, 9.17) is 4.74 Å². The van der Waals surface area contributed by atoms with Gasteiger partial charge in [0.05, 0.1) is 18.0 Å². The highest BCUT2D eigenvalue weighted by molar-refractivity contribution is 6.05. The molecular formula is C24H25FN4O3. The third-order valence-corrected chi connectivity index (χ3v) is 5.25. The van der Waals surface area contributed by atoms with Gasteiger partial charge in [-0.3, -0.25) is 10.1 Å². The first-order chi connectivity index (χ1) is 15.4. The second-order valence-electron chi connectivity index (χ2n) is 8.18. The van der Waals surface area contributed by atoms with E-state index >= 15 is 0 Å². The summed E-state index contributed by atoms with van der Waals surface area (Å²) in [7, 11) is 0. The topological polar surface area (TPSA) is 85.2 Å². The molecule has 0 spiro atoms. The van der Waals surface area contributed by atoms with Crippen LogP contribution in [0.5, 0.6) is 0 Å². The molecule has 4 rings (SSSR count). The number of carbonyl (C=O) groups is 2. The Kier molecular flexibility index (Phi) is 6.32. The normalized spacial score (nSPS) is 15.8. The van der Waals surface area contributed by atoms with Crippen molar-refractivity contribution in [3.8, 4) is 16.9 Å². The summed E-state index contributed by atoms with van der Waals surface area (Å²) < 4.78 is 20.8. The molecule has 7 nitrogen and oxygen atoms in total. The standard InChI is InChI=1S/C24H25FN4O3/c1-15(2)11-12-32-14-16-3-9-19(10-4-16)29-13-20(22-23(30)27-24(31)26-22)21(28-29)17-5-7-18(25)8-6-17/h3-10,13,15,22H,11-12,14H2,1-2H3,(H2,26,27,30,31). The fourth-order valence-electron chi connectivity index (χ4n) is 3.45. The SMILES string of the molecule is CC(C)CCOCc1ccc(-n2cc(C3NC(=O)NC3=O)c(-c3ccc(F)cc3)n2)cc1. The van der Waals surface area contributed by atoms with Gasteiger partial charge >= 0.3 is 6.03 Å². The smallest absolute Gasteiger partial charge is 0.322 e. The van der Waals surface area contributed by atoms with E-state index in [0.29, 0.717) is 29.3 Å². The van der Waals surface area contributed by atoms with Crippen molar-refractivity contribution in [2.45, 2.75) is 32.9 Å². The molecule has 1 aromatic heterocycles. The molecule has 0 aliphatic carbocycles. The Bertz CT molecular complexity index is 1110. The van der Waals surface area contributed by atoms with Crippen LogP contribution in [-0.4, -0.2) is 28.3 Å². The maximum atomic E-state index is 13.4. The van der Waals surface area contributed by atoms with Crippen LogP contribution in [0.3, 0.4) is 0 Å². The molecule has 2 aromatic carbocycles. The van der Waals surface area contributed by atoms with Crippen molar-refractivity contribution in [2.75, 3.05) is 6.61 Å². The van der Waals surface area contributed by atoms with Gasteiger partial charge in [0.1, 0.15) is 11.9 Å². The number of halogens is 1. The van der Waals surface area contributed by atoms with Gasteiger partial charge in [-0.2, -0.15) is 5.10 Å². The first-order valence-electron chi connectivity index (χ1n) is 10.5. The predicted molar refractivity (Wildman–Crippen MR) is 117 cm³/mol. The lowest BCUT2D eigenvalue weighted by Crippen LogP contribution is -2.22. The number of amides is 3. The van der Waals surface area contributed by atoms with Gasteiger partial charge in [-0.25, -0.2) is 13.9 Å². The number of nitrogens with one attached hydrogen (secondary N) is 2. The molecule has 2 N–H and O–H groups in total. The zero-order valence-corrected chi connectivity index (χ0v) is 18.0. The Hall–Kier alpha value is -3.52. The van der Waals surface area contributed by atoms with E-state index in [-0.39, 0.29) is 5.82 Å². The van der Waals surface area contributed by atoms with Crippen molar-refractivity contribution in [3.63, 3.8) is 0 Å². The Morgan fingerprint density at radius 1 is 1.09 bits per heavy atom. The average molecular weight is 436 g/mol. The second kappa shape index (κ2) is 9.32. The van der Waals surface area contributed by atoms with Gasteiger partial charge in [-0.15, -0.1) is 0 Å². The van der Waals surface area contributed by atoms with Crippen LogP contribution in [-0.2, 0) is 16.1 Å². The van der Waals surface area contributed by atoms with E-state index in [1.807, 2.05) is 24.3 Å². The lowest BCUT2D eigenvalue weighted by atomic mass is 10.0. The van der Waals surface area contributed by atoms with Crippen LogP contribution in [0.25, 0.3) is 16.9 Å². The van der Waals surface area contributed by atoms with Crippen LogP contribution in [0.2, 0.25) is 0 Å². The van der Waals surface area contributed by atoms with E-state index in [1.54, 1.807) is 23.0 Å². The summed E-state index contributed by atoms with van der Waals surface area (Å²) in [5.41, 5.74) is 3.50. The van der Waals surface area contributed by atoms with Gasteiger partial charge in [-0.1, -0.05) is 26.0 Å². The van der Waals surface area contributed by atoms with Crippen LogP contribution < -0.4 is 10.6 Å². The Labute approximate surface area is 185 Å². The minimum atomic E-state index is -0.870. The largest absolute Gasteiger partial charge is 0.377 e. The highest BCUT2D eigenvalue weighted by Gasteiger charge is 2.34. The molecule has 8 heteroatoms. The van der Waals surface area contributed by atoms with Crippen LogP contribution in [0.1, 0.15) is 37.4 Å². The molecular weight excluding hydrogens is 411 g/mol. The molecule has 1 atom stereocenters. The van der Waals surface area contributed by atoms with Crippen molar-refractivity contribution in [3.05, 3.63) is 71.7 Å². The van der Waals surface area contributed by atoms with E-state index < -0.39 is 18.0 Å². The van der Waals surface area contributed by atoms with Crippen LogP contribution >= 0.6 is 0 Å². The van der Waals surface area contributed by atoms with Crippen LogP contribution in [0.4, 0.5) is 9.18 Å². The van der Waals surface area contributed by atoms with Crippen molar-refractivity contribution in [1.29, 1.82) is 0 Å². The van der Waals surface area contributed by atoms with E-state index in [0.717, 1.165) is 24.3 Å². The van der Waals surface area contributed by atoms with Crippen molar-refractivity contribution >= 4 is 11.9 Å². The zero-order chi connectivity index (χ0) is 22.7. The van der Waals surface area contributed by atoms with Crippen molar-refractivity contribution in [2.24, 2.45) is 5.92 Å². The van der Waals surface area contributed by atoms with E-state index in [1.165, 1.54) is 12.1 Å². The third-order valence-electron chi connectivity index (χ3n) is 5.25. The molecule has 0 radical (unpaired) electrons. The summed E-state index contributed by atoms with van der Waals surface area (Å²) >= 11 is 0. The predicted octanol–water partition coefficient (Wildman–Crippen LogP) is 4.12. The summed E-state index contributed by atoms with van der Waals surface area (Å²) in [6.45, 7) is 5.58. The maximum absolute atomic E-state index is 13.4. The molecule has 3 aromatic rings. The summed E-state index contributed by atoms with van der Waals surface area (Å²) in [6, 6.07) is 12.2. The van der Waals surface area contributed by atoms with Gasteiger partial charge < -0.3 is 10.1 Å². The first-order valence-corrected chi connectivity index (χ1v) is 10.5. The van der Waals surface area contributed by atoms with Crippen molar-refractivity contribution in [1.82, 2.24) is 20.4 Å². The highest BCUT2D eigenvalue weighted by atomic mass is 19.1. The molecule has 1 fully saturated rings. The number of aromatic nitrogens is 2. The number of hydrogen-bond acceptors (Lipinski definition) is 4. The molecule has 32 heavy (non-hydrogen) atoms. The molecule has 166 valence electrons. The molecule has 1 aliphatic heterocycles. The number of ether oxygens (including phenoxy) is 1. The second-order valence-corrected chi connectivity index (χ2v) is 8.18. The molecule has 3 amide bonds. The quantitative estimate of drug-likeness (QED) is 0.411.